The van der Waals surface area contributed by atoms with Crippen LogP contribution in [-0.4, -0.2) is 39.2 Å². The number of aromatic nitrogens is 2. The monoisotopic (exact) mass is 371 g/mol. The first-order valence-electron chi connectivity index (χ1n) is 8.73. The van der Waals surface area contributed by atoms with Crippen LogP contribution in [0, 0.1) is 6.57 Å². The SMILES string of the molecule is [C-]#[N+]c1ccccc1-n1c(-c2ccc3c(c2)C(CN)=NCC3=O)cnc1CO. The van der Waals surface area contributed by atoms with Gasteiger partial charge in [0.2, 0.25) is 5.69 Å². The molecule has 0 saturated heterocycles. The Morgan fingerprint density at radius 2 is 2.04 bits per heavy atom. The summed E-state index contributed by atoms with van der Waals surface area (Å²) in [6, 6.07) is 12.6. The van der Waals surface area contributed by atoms with Gasteiger partial charge in [0, 0.05) is 23.2 Å². The van der Waals surface area contributed by atoms with E-state index in [0.29, 0.717) is 39.7 Å². The fourth-order valence-electron chi connectivity index (χ4n) is 3.42. The minimum Gasteiger partial charge on any atom is -0.388 e. The molecule has 1 aromatic heterocycles. The number of Topliss-reactive ketones (excluding diaryl/α,β-unsaturated/α-hetero) is 1. The third-order valence-corrected chi connectivity index (χ3v) is 4.75. The maximum absolute atomic E-state index is 12.2. The van der Waals surface area contributed by atoms with Crippen molar-refractivity contribution in [1.29, 1.82) is 0 Å². The lowest BCUT2D eigenvalue weighted by Crippen LogP contribution is -2.25. The van der Waals surface area contributed by atoms with Gasteiger partial charge in [-0.3, -0.25) is 9.79 Å². The molecule has 3 aromatic rings. The van der Waals surface area contributed by atoms with E-state index in [9.17, 15) is 9.90 Å². The first-order chi connectivity index (χ1) is 13.7. The molecule has 0 radical (unpaired) electrons. The molecule has 0 amide bonds. The van der Waals surface area contributed by atoms with Gasteiger partial charge in [-0.15, -0.1) is 0 Å². The molecule has 2 heterocycles. The fraction of sp³-hybridized carbons (Fsp3) is 0.143. The number of imidazole rings is 1. The average Bonchev–Trinajstić information content (AvgIpc) is 3.17. The third kappa shape index (κ3) is 2.81. The number of ketones is 1. The molecule has 7 nitrogen and oxygen atoms in total. The van der Waals surface area contributed by atoms with E-state index in [2.05, 4.69) is 14.8 Å². The van der Waals surface area contributed by atoms with Crippen molar-refractivity contribution in [2.24, 2.45) is 10.7 Å². The Bertz CT molecular complexity index is 1150. The lowest BCUT2D eigenvalue weighted by molar-refractivity contribution is 0.1000. The van der Waals surface area contributed by atoms with Gasteiger partial charge >= 0.3 is 0 Å². The summed E-state index contributed by atoms with van der Waals surface area (Å²) < 4.78 is 1.76. The summed E-state index contributed by atoms with van der Waals surface area (Å²) in [5.41, 5.74) is 10.4. The fourth-order valence-corrected chi connectivity index (χ4v) is 3.42. The topological polar surface area (TPSA) is 97.9 Å². The molecule has 0 aliphatic carbocycles. The van der Waals surface area contributed by atoms with E-state index in [-0.39, 0.29) is 25.5 Å². The van der Waals surface area contributed by atoms with E-state index < -0.39 is 0 Å². The van der Waals surface area contributed by atoms with Crippen LogP contribution in [0.2, 0.25) is 0 Å². The molecule has 0 atom stereocenters. The smallest absolute Gasteiger partial charge is 0.210 e. The molecule has 3 N–H and O–H groups in total. The van der Waals surface area contributed by atoms with Crippen LogP contribution in [0.5, 0.6) is 0 Å². The lowest BCUT2D eigenvalue weighted by atomic mass is 9.94. The van der Waals surface area contributed by atoms with Gasteiger partial charge in [0.1, 0.15) is 19.0 Å². The number of fused-ring (bicyclic) bond motifs is 1. The first-order valence-corrected chi connectivity index (χ1v) is 8.73. The van der Waals surface area contributed by atoms with Crippen LogP contribution >= 0.6 is 0 Å². The van der Waals surface area contributed by atoms with Crippen molar-refractivity contribution in [2.45, 2.75) is 6.61 Å². The maximum atomic E-state index is 12.2. The molecular weight excluding hydrogens is 354 g/mol. The zero-order chi connectivity index (χ0) is 19.7. The summed E-state index contributed by atoms with van der Waals surface area (Å²) in [6.45, 7) is 7.53. The van der Waals surface area contributed by atoms with Crippen molar-refractivity contribution in [1.82, 2.24) is 9.55 Å². The molecule has 0 saturated carbocycles. The summed E-state index contributed by atoms with van der Waals surface area (Å²) in [4.78, 5) is 24.4. The molecule has 0 spiro atoms. The molecule has 4 rings (SSSR count). The highest BCUT2D eigenvalue weighted by atomic mass is 16.3. The van der Waals surface area contributed by atoms with Crippen molar-refractivity contribution >= 4 is 17.2 Å². The van der Waals surface area contributed by atoms with Crippen LogP contribution in [0.4, 0.5) is 5.69 Å². The zero-order valence-corrected chi connectivity index (χ0v) is 15.0. The summed E-state index contributed by atoms with van der Waals surface area (Å²) in [7, 11) is 0. The van der Waals surface area contributed by atoms with Gasteiger partial charge in [0.25, 0.3) is 0 Å². The van der Waals surface area contributed by atoms with E-state index in [0.717, 1.165) is 5.56 Å². The second kappa shape index (κ2) is 7.19. The number of benzene rings is 2. The minimum absolute atomic E-state index is 0.0401. The number of carbonyl (C=O) groups is 1. The van der Waals surface area contributed by atoms with Crippen molar-refractivity contribution in [2.75, 3.05) is 13.1 Å². The predicted molar refractivity (Wildman–Crippen MR) is 106 cm³/mol. The Kier molecular flexibility index (Phi) is 4.57. The Hall–Kier alpha value is -3.60. The van der Waals surface area contributed by atoms with Crippen molar-refractivity contribution < 1.29 is 9.90 Å². The molecule has 0 unspecified atom stereocenters. The molecule has 28 heavy (non-hydrogen) atoms. The molecule has 1 aliphatic heterocycles. The Labute approximate surface area is 161 Å². The van der Waals surface area contributed by atoms with Gasteiger partial charge < -0.3 is 15.4 Å². The van der Waals surface area contributed by atoms with E-state index in [1.807, 2.05) is 24.3 Å². The van der Waals surface area contributed by atoms with Crippen molar-refractivity contribution in [3.05, 3.63) is 77.0 Å². The number of hydrogen-bond donors (Lipinski definition) is 2. The number of para-hydroxylation sites is 2. The van der Waals surface area contributed by atoms with Gasteiger partial charge in [-0.05, 0) is 18.2 Å². The largest absolute Gasteiger partial charge is 0.388 e. The van der Waals surface area contributed by atoms with Crippen LogP contribution in [0.1, 0.15) is 21.7 Å². The summed E-state index contributed by atoms with van der Waals surface area (Å²) in [6.07, 6.45) is 1.65. The summed E-state index contributed by atoms with van der Waals surface area (Å²) in [5, 5.41) is 9.77. The van der Waals surface area contributed by atoms with E-state index >= 15 is 0 Å². The standard InChI is InChI=1S/C21H17N5O2/c1-23-16-4-2-3-5-18(16)26-19(10-25-21(26)12-27)13-6-7-14-15(8-13)17(9-22)24-11-20(14)28/h2-8,10,27H,9,11-12,22H2. The maximum Gasteiger partial charge on any atom is 0.210 e. The van der Waals surface area contributed by atoms with Crippen LogP contribution in [0.3, 0.4) is 0 Å². The van der Waals surface area contributed by atoms with Gasteiger partial charge in [0.05, 0.1) is 29.9 Å². The minimum atomic E-state index is -0.273. The van der Waals surface area contributed by atoms with E-state index in [1.54, 1.807) is 29.0 Å². The number of hydrogen-bond acceptors (Lipinski definition) is 5. The molecule has 2 aromatic carbocycles. The highest BCUT2D eigenvalue weighted by molar-refractivity contribution is 6.16. The highest BCUT2D eigenvalue weighted by Crippen LogP contribution is 2.32. The van der Waals surface area contributed by atoms with Crippen LogP contribution in [0.25, 0.3) is 21.8 Å². The molecule has 0 bridgehead atoms. The Morgan fingerprint density at radius 1 is 1.21 bits per heavy atom. The number of nitrogens with two attached hydrogens (primary N) is 1. The third-order valence-electron chi connectivity index (χ3n) is 4.75. The molecule has 0 fully saturated rings. The second-order valence-corrected chi connectivity index (χ2v) is 6.30. The van der Waals surface area contributed by atoms with Gasteiger partial charge in [-0.1, -0.05) is 24.3 Å². The first kappa shape index (κ1) is 17.8. The van der Waals surface area contributed by atoms with E-state index in [1.165, 1.54) is 0 Å². The molecular formula is C21H17N5O2. The molecule has 1 aliphatic rings. The number of carbonyl (C=O) groups excluding carboxylic acids is 1. The van der Waals surface area contributed by atoms with Crippen molar-refractivity contribution in [3.8, 4) is 16.9 Å². The van der Waals surface area contributed by atoms with Crippen molar-refractivity contribution in [3.63, 3.8) is 0 Å². The number of nitrogens with zero attached hydrogens (tertiary/aromatic N) is 4. The van der Waals surface area contributed by atoms with Crippen LogP contribution < -0.4 is 5.73 Å². The Morgan fingerprint density at radius 3 is 2.79 bits per heavy atom. The normalized spacial score (nSPS) is 13.0. The average molecular weight is 371 g/mol. The highest BCUT2D eigenvalue weighted by Gasteiger charge is 2.22. The summed E-state index contributed by atoms with van der Waals surface area (Å²) in [5.74, 6) is 0.384. The number of aliphatic hydroxyl groups is 1. The van der Waals surface area contributed by atoms with Gasteiger partial charge in [-0.2, -0.15) is 0 Å². The van der Waals surface area contributed by atoms with E-state index in [4.69, 9.17) is 12.3 Å². The zero-order valence-electron chi connectivity index (χ0n) is 15.0. The van der Waals surface area contributed by atoms with Gasteiger partial charge in [0.15, 0.2) is 5.78 Å². The second-order valence-electron chi connectivity index (χ2n) is 6.30. The Balaban J connectivity index is 1.93. The summed E-state index contributed by atoms with van der Waals surface area (Å²) >= 11 is 0. The number of rotatable bonds is 4. The quantitative estimate of drug-likeness (QED) is 0.689. The molecule has 7 heteroatoms. The lowest BCUT2D eigenvalue weighted by Gasteiger charge is -2.18. The van der Waals surface area contributed by atoms with Gasteiger partial charge in [-0.25, -0.2) is 9.83 Å². The number of aliphatic imine (C=N–C) groups is 1. The molecule has 138 valence electrons. The predicted octanol–water partition coefficient (Wildman–Crippen LogP) is 2.53. The number of aliphatic hydroxyl groups excluding tert-OH is 1. The van der Waals surface area contributed by atoms with Crippen LogP contribution in [0.15, 0.2) is 53.7 Å². The van der Waals surface area contributed by atoms with Crippen LogP contribution in [-0.2, 0) is 6.61 Å².